The minimum Gasteiger partial charge on any atom is -0.341 e. The second kappa shape index (κ2) is 12.4. The van der Waals surface area contributed by atoms with Gasteiger partial charge in [0.15, 0.2) is 0 Å². The maximum Gasteiger partial charge on any atom is 0.222 e. The van der Waals surface area contributed by atoms with Gasteiger partial charge in [0.1, 0.15) is 0 Å². The van der Waals surface area contributed by atoms with Crippen LogP contribution < -0.4 is 0 Å². The van der Waals surface area contributed by atoms with E-state index in [1.54, 1.807) is 0 Å². The predicted octanol–water partition coefficient (Wildman–Crippen LogP) is 3.99. The molecule has 4 nitrogen and oxygen atoms in total. The van der Waals surface area contributed by atoms with Crippen molar-refractivity contribution in [1.82, 2.24) is 9.80 Å². The molecule has 0 aromatic heterocycles. The summed E-state index contributed by atoms with van der Waals surface area (Å²) >= 11 is 0. The summed E-state index contributed by atoms with van der Waals surface area (Å²) in [5.41, 5.74) is 0. The predicted molar refractivity (Wildman–Crippen MR) is 95.3 cm³/mol. The highest BCUT2D eigenvalue weighted by molar-refractivity contribution is 5.77. The first-order valence-electron chi connectivity index (χ1n) is 9.74. The van der Waals surface area contributed by atoms with Crippen molar-refractivity contribution in [3.8, 4) is 0 Å². The van der Waals surface area contributed by atoms with Gasteiger partial charge in [0, 0.05) is 39.0 Å². The zero-order valence-corrected chi connectivity index (χ0v) is 15.3. The highest BCUT2D eigenvalue weighted by Crippen LogP contribution is 2.11. The molecule has 0 bridgehead atoms. The van der Waals surface area contributed by atoms with Gasteiger partial charge in [-0.05, 0) is 19.3 Å². The molecule has 134 valence electrons. The molecule has 2 amide bonds. The average molecular weight is 325 g/mol. The van der Waals surface area contributed by atoms with E-state index in [2.05, 4.69) is 13.8 Å². The number of carbonyl (C=O) groups is 2. The lowest BCUT2D eigenvalue weighted by Crippen LogP contribution is -2.37. The molecule has 1 saturated heterocycles. The Balaban J connectivity index is 2.26. The van der Waals surface area contributed by atoms with E-state index in [1.807, 2.05) is 9.80 Å². The third-order valence-corrected chi connectivity index (χ3v) is 4.69. The number of amides is 2. The molecule has 1 aliphatic heterocycles. The molecule has 0 N–H and O–H groups in total. The fourth-order valence-corrected chi connectivity index (χ4v) is 3.14. The van der Waals surface area contributed by atoms with Crippen molar-refractivity contribution in [3.63, 3.8) is 0 Å². The molecule has 4 heteroatoms. The minimum absolute atomic E-state index is 0.276. The Morgan fingerprint density at radius 2 is 1.09 bits per heavy atom. The first-order chi connectivity index (χ1) is 11.2. The summed E-state index contributed by atoms with van der Waals surface area (Å²) in [5, 5.41) is 0. The van der Waals surface area contributed by atoms with Crippen LogP contribution in [-0.2, 0) is 9.59 Å². The minimum atomic E-state index is 0.276. The Labute approximate surface area is 142 Å². The van der Waals surface area contributed by atoms with Crippen LogP contribution in [0.4, 0.5) is 0 Å². The lowest BCUT2D eigenvalue weighted by atomic mass is 10.1. The molecule has 0 aromatic carbocycles. The van der Waals surface area contributed by atoms with Crippen LogP contribution in [-0.4, -0.2) is 47.8 Å². The zero-order valence-electron chi connectivity index (χ0n) is 15.3. The highest BCUT2D eigenvalue weighted by Gasteiger charge is 2.21. The van der Waals surface area contributed by atoms with E-state index < -0.39 is 0 Å². The standard InChI is InChI=1S/C19H36N2O2/c1-3-5-7-9-12-18(22)20-14-11-15-21(17-16-20)19(23)13-10-8-6-4-2/h3-17H2,1-2H3. The van der Waals surface area contributed by atoms with Crippen LogP contribution in [0.1, 0.15) is 84.5 Å². The third-order valence-electron chi connectivity index (χ3n) is 4.69. The Morgan fingerprint density at radius 1 is 0.652 bits per heavy atom. The normalized spacial score (nSPS) is 15.6. The van der Waals surface area contributed by atoms with Crippen molar-refractivity contribution in [2.24, 2.45) is 0 Å². The van der Waals surface area contributed by atoms with Gasteiger partial charge < -0.3 is 9.80 Å². The molecule has 0 atom stereocenters. The maximum absolute atomic E-state index is 12.3. The van der Waals surface area contributed by atoms with Crippen LogP contribution >= 0.6 is 0 Å². The number of carbonyl (C=O) groups excluding carboxylic acids is 2. The van der Waals surface area contributed by atoms with E-state index in [0.717, 1.165) is 45.2 Å². The van der Waals surface area contributed by atoms with Gasteiger partial charge in [-0.1, -0.05) is 52.4 Å². The molecule has 0 aromatic rings. The topological polar surface area (TPSA) is 40.6 Å². The molecule has 1 heterocycles. The summed E-state index contributed by atoms with van der Waals surface area (Å²) in [5.74, 6) is 0.552. The molecule has 0 aliphatic carbocycles. The molecular weight excluding hydrogens is 288 g/mol. The second-order valence-corrected chi connectivity index (χ2v) is 6.74. The smallest absolute Gasteiger partial charge is 0.222 e. The number of rotatable bonds is 10. The van der Waals surface area contributed by atoms with Crippen molar-refractivity contribution >= 4 is 11.8 Å². The Bertz CT molecular complexity index is 312. The summed E-state index contributed by atoms with van der Waals surface area (Å²) in [6.07, 6.45) is 11.4. The van der Waals surface area contributed by atoms with Gasteiger partial charge >= 0.3 is 0 Å². The van der Waals surface area contributed by atoms with E-state index in [0.29, 0.717) is 25.9 Å². The molecular formula is C19H36N2O2. The quantitative estimate of drug-likeness (QED) is 0.570. The van der Waals surface area contributed by atoms with Crippen molar-refractivity contribution in [2.75, 3.05) is 26.2 Å². The van der Waals surface area contributed by atoms with Crippen LogP contribution in [0.2, 0.25) is 0 Å². The van der Waals surface area contributed by atoms with Crippen molar-refractivity contribution in [3.05, 3.63) is 0 Å². The molecule has 0 radical (unpaired) electrons. The van der Waals surface area contributed by atoms with E-state index in [-0.39, 0.29) is 11.8 Å². The maximum atomic E-state index is 12.3. The van der Waals surface area contributed by atoms with Crippen LogP contribution in [0.5, 0.6) is 0 Å². The summed E-state index contributed by atoms with van der Waals surface area (Å²) < 4.78 is 0. The largest absolute Gasteiger partial charge is 0.341 e. The first kappa shape index (κ1) is 20.0. The Hall–Kier alpha value is -1.06. The second-order valence-electron chi connectivity index (χ2n) is 6.74. The van der Waals surface area contributed by atoms with Gasteiger partial charge in [-0.25, -0.2) is 0 Å². The monoisotopic (exact) mass is 324 g/mol. The Morgan fingerprint density at radius 3 is 1.48 bits per heavy atom. The van der Waals surface area contributed by atoms with Gasteiger partial charge in [-0.15, -0.1) is 0 Å². The number of nitrogens with zero attached hydrogens (tertiary/aromatic N) is 2. The third kappa shape index (κ3) is 8.38. The molecule has 1 fully saturated rings. The molecule has 23 heavy (non-hydrogen) atoms. The summed E-state index contributed by atoms with van der Waals surface area (Å²) in [7, 11) is 0. The van der Waals surface area contributed by atoms with E-state index in [1.165, 1.54) is 25.7 Å². The number of hydrogen-bond donors (Lipinski definition) is 0. The van der Waals surface area contributed by atoms with Gasteiger partial charge in [0.25, 0.3) is 0 Å². The SMILES string of the molecule is CCCCCCC(=O)N1CCCN(C(=O)CCCCCC)CC1. The fraction of sp³-hybridized carbons (Fsp3) is 0.895. The van der Waals surface area contributed by atoms with E-state index in [9.17, 15) is 9.59 Å². The van der Waals surface area contributed by atoms with Gasteiger partial charge in [-0.2, -0.15) is 0 Å². The van der Waals surface area contributed by atoms with Gasteiger partial charge in [0.2, 0.25) is 11.8 Å². The van der Waals surface area contributed by atoms with Crippen LogP contribution in [0.25, 0.3) is 0 Å². The molecule has 0 spiro atoms. The summed E-state index contributed by atoms with van der Waals surface area (Å²) in [6, 6.07) is 0. The van der Waals surface area contributed by atoms with Gasteiger partial charge in [0.05, 0.1) is 0 Å². The molecule has 1 rings (SSSR count). The number of unbranched alkanes of at least 4 members (excludes halogenated alkanes) is 6. The van der Waals surface area contributed by atoms with E-state index >= 15 is 0 Å². The van der Waals surface area contributed by atoms with Crippen LogP contribution in [0, 0.1) is 0 Å². The molecule has 0 saturated carbocycles. The summed E-state index contributed by atoms with van der Waals surface area (Å²) in [6.45, 7) is 7.42. The Kier molecular flexibility index (Phi) is 10.8. The lowest BCUT2D eigenvalue weighted by Gasteiger charge is -2.22. The van der Waals surface area contributed by atoms with E-state index in [4.69, 9.17) is 0 Å². The van der Waals surface area contributed by atoms with Gasteiger partial charge in [-0.3, -0.25) is 9.59 Å². The first-order valence-corrected chi connectivity index (χ1v) is 9.74. The fourth-order valence-electron chi connectivity index (χ4n) is 3.14. The van der Waals surface area contributed by atoms with Crippen molar-refractivity contribution in [1.29, 1.82) is 0 Å². The lowest BCUT2D eigenvalue weighted by molar-refractivity contribution is -0.133. The van der Waals surface area contributed by atoms with Crippen LogP contribution in [0.3, 0.4) is 0 Å². The summed E-state index contributed by atoms with van der Waals surface area (Å²) in [4.78, 5) is 28.5. The zero-order chi connectivity index (χ0) is 16.9. The van der Waals surface area contributed by atoms with Crippen molar-refractivity contribution in [2.45, 2.75) is 84.5 Å². The number of hydrogen-bond acceptors (Lipinski definition) is 2. The molecule has 0 unspecified atom stereocenters. The van der Waals surface area contributed by atoms with Crippen molar-refractivity contribution < 1.29 is 9.59 Å². The highest BCUT2D eigenvalue weighted by atomic mass is 16.2. The average Bonchev–Trinajstić information content (AvgIpc) is 2.81. The molecule has 1 aliphatic rings. The van der Waals surface area contributed by atoms with Crippen LogP contribution in [0.15, 0.2) is 0 Å².